The van der Waals surface area contributed by atoms with Gasteiger partial charge in [0, 0.05) is 19.4 Å². The summed E-state index contributed by atoms with van der Waals surface area (Å²) < 4.78 is 8.88. The van der Waals surface area contributed by atoms with Crippen molar-refractivity contribution < 1.29 is 14.0 Å². The van der Waals surface area contributed by atoms with Gasteiger partial charge in [-0.05, 0) is 28.1 Å². The van der Waals surface area contributed by atoms with Crippen LogP contribution >= 0.6 is 15.9 Å². The van der Waals surface area contributed by atoms with Gasteiger partial charge in [-0.2, -0.15) is 10.2 Å². The molecule has 0 unspecified atom stereocenters. The van der Waals surface area contributed by atoms with Gasteiger partial charge in [0.15, 0.2) is 5.69 Å². The molecule has 3 aromatic rings. The molecule has 0 aliphatic carbocycles. The Morgan fingerprint density at radius 1 is 1.36 bits per heavy atom. The summed E-state index contributed by atoms with van der Waals surface area (Å²) in [6.45, 7) is 0.255. The third-order valence-corrected chi connectivity index (χ3v) is 3.64. The lowest BCUT2D eigenvalue weighted by atomic mass is 10.3. The molecule has 3 heterocycles. The second-order valence-corrected chi connectivity index (χ2v) is 6.15. The predicted molar refractivity (Wildman–Crippen MR) is 91.6 cm³/mol. The molecule has 0 aliphatic heterocycles. The summed E-state index contributed by atoms with van der Waals surface area (Å²) in [7, 11) is 1.67. The van der Waals surface area contributed by atoms with E-state index in [1.54, 1.807) is 37.8 Å². The first-order valence-corrected chi connectivity index (χ1v) is 8.12. The number of nitrogens with zero attached hydrogens (tertiary/aromatic N) is 4. The zero-order chi connectivity index (χ0) is 17.8. The molecule has 3 aromatic heterocycles. The van der Waals surface area contributed by atoms with Crippen LogP contribution in [0.2, 0.25) is 0 Å². The number of rotatable bonds is 6. The van der Waals surface area contributed by atoms with E-state index >= 15 is 0 Å². The Morgan fingerprint density at radius 3 is 2.88 bits per heavy atom. The molecule has 0 aromatic carbocycles. The van der Waals surface area contributed by atoms with Gasteiger partial charge >= 0.3 is 0 Å². The molecule has 0 fully saturated rings. The smallest absolute Gasteiger partial charge is 0.274 e. The van der Waals surface area contributed by atoms with Crippen molar-refractivity contribution in [3.05, 3.63) is 52.9 Å². The Morgan fingerprint density at radius 2 is 2.20 bits per heavy atom. The van der Waals surface area contributed by atoms with E-state index in [1.165, 1.54) is 15.6 Å². The second kappa shape index (κ2) is 7.34. The van der Waals surface area contributed by atoms with Crippen molar-refractivity contribution >= 4 is 33.4 Å². The van der Waals surface area contributed by atoms with E-state index in [4.69, 9.17) is 4.42 Å². The van der Waals surface area contributed by atoms with E-state index in [9.17, 15) is 9.59 Å². The van der Waals surface area contributed by atoms with E-state index < -0.39 is 5.91 Å². The first-order valence-electron chi connectivity index (χ1n) is 7.33. The number of hydrogen-bond acceptors (Lipinski definition) is 5. The summed E-state index contributed by atoms with van der Waals surface area (Å²) in [5, 5.41) is 13.5. The van der Waals surface area contributed by atoms with Crippen LogP contribution in [0.15, 0.2) is 45.9 Å². The number of aromatic nitrogens is 4. The lowest BCUT2D eigenvalue weighted by Gasteiger charge is -2.06. The normalized spacial score (nSPS) is 10.6. The highest BCUT2D eigenvalue weighted by atomic mass is 79.9. The van der Waals surface area contributed by atoms with E-state index in [0.29, 0.717) is 11.4 Å². The molecule has 0 atom stereocenters. The minimum absolute atomic E-state index is 0.0218. The molecule has 0 spiro atoms. The number of hydrogen-bond donors (Lipinski definition) is 2. The number of amides is 2. The van der Waals surface area contributed by atoms with Crippen molar-refractivity contribution in [2.45, 2.75) is 13.1 Å². The maximum absolute atomic E-state index is 12.3. The molecule has 0 aliphatic rings. The number of furan rings is 1. The topological polar surface area (TPSA) is 107 Å². The molecule has 0 saturated heterocycles. The molecule has 3 rings (SSSR count). The number of nitrogens with one attached hydrogen (secondary N) is 2. The fourth-order valence-electron chi connectivity index (χ4n) is 2.17. The molecule has 0 radical (unpaired) electrons. The predicted octanol–water partition coefficient (Wildman–Crippen LogP) is 1.54. The summed E-state index contributed by atoms with van der Waals surface area (Å²) in [6.07, 6.45) is 6.37. The van der Waals surface area contributed by atoms with Crippen molar-refractivity contribution in [3.8, 4) is 0 Å². The van der Waals surface area contributed by atoms with Gasteiger partial charge in [0.05, 0.1) is 29.2 Å². The molecule has 25 heavy (non-hydrogen) atoms. The molecule has 0 bridgehead atoms. The minimum atomic E-state index is -0.408. The maximum atomic E-state index is 12.3. The Labute approximate surface area is 151 Å². The van der Waals surface area contributed by atoms with Crippen LogP contribution in [0.5, 0.6) is 0 Å². The van der Waals surface area contributed by atoms with Crippen molar-refractivity contribution in [1.82, 2.24) is 24.9 Å². The molecule has 130 valence electrons. The van der Waals surface area contributed by atoms with Crippen LogP contribution in [0.25, 0.3) is 0 Å². The van der Waals surface area contributed by atoms with Crippen LogP contribution in [-0.2, 0) is 24.9 Å². The van der Waals surface area contributed by atoms with Crippen molar-refractivity contribution in [3.63, 3.8) is 0 Å². The summed E-state index contributed by atoms with van der Waals surface area (Å²) >= 11 is 3.27. The number of halogens is 1. The number of aryl methyl sites for hydroxylation is 1. The summed E-state index contributed by atoms with van der Waals surface area (Å²) in [6, 6.07) is 3.49. The third kappa shape index (κ3) is 4.35. The van der Waals surface area contributed by atoms with Crippen molar-refractivity contribution in [2.24, 2.45) is 7.05 Å². The largest absolute Gasteiger partial charge is 0.467 e. The van der Waals surface area contributed by atoms with Crippen LogP contribution in [0.3, 0.4) is 0 Å². The highest BCUT2D eigenvalue weighted by molar-refractivity contribution is 9.10. The lowest BCUT2D eigenvalue weighted by Crippen LogP contribution is -2.25. The fourth-order valence-corrected chi connectivity index (χ4v) is 2.50. The van der Waals surface area contributed by atoms with E-state index in [-0.39, 0.29) is 24.7 Å². The SMILES string of the molecule is Cn1cc(NC(=O)Cn2cc(Br)cn2)c(C(=O)NCc2ccco2)n1. The number of carbonyl (C=O) groups excluding carboxylic acids is 2. The minimum Gasteiger partial charge on any atom is -0.467 e. The van der Waals surface area contributed by atoms with E-state index in [1.807, 2.05) is 0 Å². The van der Waals surface area contributed by atoms with Crippen LogP contribution < -0.4 is 10.6 Å². The van der Waals surface area contributed by atoms with Gasteiger partial charge in [-0.1, -0.05) is 0 Å². The standard InChI is InChI=1S/C15H15BrN6O3/c1-21-8-12(19-13(23)9-22-7-10(16)5-18-22)14(20-21)15(24)17-6-11-3-2-4-25-11/h2-5,7-8H,6,9H2,1H3,(H,17,24)(H,19,23). The van der Waals surface area contributed by atoms with Gasteiger partial charge in [-0.25, -0.2) is 0 Å². The van der Waals surface area contributed by atoms with Crippen molar-refractivity contribution in [1.29, 1.82) is 0 Å². The Hall–Kier alpha value is -2.88. The summed E-state index contributed by atoms with van der Waals surface area (Å²) in [5.74, 6) is -0.100. The maximum Gasteiger partial charge on any atom is 0.274 e. The average Bonchev–Trinajstić information content (AvgIpc) is 3.27. The quantitative estimate of drug-likeness (QED) is 0.645. The van der Waals surface area contributed by atoms with Crippen LogP contribution in [0.1, 0.15) is 16.2 Å². The van der Waals surface area contributed by atoms with Crippen LogP contribution in [0, 0.1) is 0 Å². The van der Waals surface area contributed by atoms with Gasteiger partial charge in [0.25, 0.3) is 5.91 Å². The Kier molecular flexibility index (Phi) is 4.98. The molecule has 2 N–H and O–H groups in total. The first-order chi connectivity index (χ1) is 12.0. The van der Waals surface area contributed by atoms with Crippen molar-refractivity contribution in [2.75, 3.05) is 5.32 Å². The molecular weight excluding hydrogens is 392 g/mol. The molecule has 9 nitrogen and oxygen atoms in total. The lowest BCUT2D eigenvalue weighted by molar-refractivity contribution is -0.116. The van der Waals surface area contributed by atoms with Crippen LogP contribution in [0.4, 0.5) is 5.69 Å². The highest BCUT2D eigenvalue weighted by Crippen LogP contribution is 2.14. The molecule has 10 heteroatoms. The van der Waals surface area contributed by atoms with E-state index in [0.717, 1.165) is 4.47 Å². The highest BCUT2D eigenvalue weighted by Gasteiger charge is 2.18. The van der Waals surface area contributed by atoms with Gasteiger partial charge in [0.1, 0.15) is 12.3 Å². The van der Waals surface area contributed by atoms with Gasteiger partial charge in [-0.15, -0.1) is 0 Å². The molecule has 0 saturated carbocycles. The summed E-state index contributed by atoms with van der Waals surface area (Å²) in [4.78, 5) is 24.5. The number of anilines is 1. The van der Waals surface area contributed by atoms with Gasteiger partial charge in [0.2, 0.25) is 5.91 Å². The average molecular weight is 407 g/mol. The fraction of sp³-hybridized carbons (Fsp3) is 0.200. The zero-order valence-corrected chi connectivity index (χ0v) is 14.9. The summed E-state index contributed by atoms with van der Waals surface area (Å²) in [5.41, 5.74) is 0.458. The molecule has 2 amide bonds. The Balaban J connectivity index is 1.65. The monoisotopic (exact) mass is 406 g/mol. The zero-order valence-electron chi connectivity index (χ0n) is 13.3. The number of carbonyl (C=O) groups is 2. The third-order valence-electron chi connectivity index (χ3n) is 3.23. The van der Waals surface area contributed by atoms with Gasteiger partial charge < -0.3 is 15.1 Å². The van der Waals surface area contributed by atoms with Gasteiger partial charge in [-0.3, -0.25) is 19.0 Å². The Bertz CT molecular complexity index is 883. The second-order valence-electron chi connectivity index (χ2n) is 5.23. The van der Waals surface area contributed by atoms with E-state index in [2.05, 4.69) is 36.8 Å². The van der Waals surface area contributed by atoms with Crippen LogP contribution in [-0.4, -0.2) is 31.4 Å². The molecular formula is C15H15BrN6O3. The first kappa shape index (κ1) is 17.0.